The van der Waals surface area contributed by atoms with Gasteiger partial charge >= 0.3 is 0 Å². The molecule has 1 N–H and O–H groups in total. The highest BCUT2D eigenvalue weighted by molar-refractivity contribution is 6.30. The number of pyridine rings is 1. The summed E-state index contributed by atoms with van der Waals surface area (Å²) in [5, 5.41) is 3.03. The Morgan fingerprint density at radius 3 is 3.15 bits per heavy atom. The first-order chi connectivity index (χ1) is 6.22. The van der Waals surface area contributed by atoms with Gasteiger partial charge in [0, 0.05) is 11.2 Å². The average Bonchev–Trinajstić information content (AvgIpc) is 2.04. The standard InChI is InChI=1S/C9H7ClN2O/c1-2-3-9(13)12-8-6-7(10)4-5-11-8/h1,4-6H,3H2,(H,11,12,13). The molecule has 1 aromatic rings. The number of aromatic nitrogens is 1. The van der Waals surface area contributed by atoms with Crippen LogP contribution in [0.1, 0.15) is 6.42 Å². The Bertz CT molecular complexity index is 357. The largest absolute Gasteiger partial charge is 0.310 e. The zero-order valence-electron chi connectivity index (χ0n) is 6.75. The lowest BCUT2D eigenvalue weighted by atomic mass is 10.4. The Balaban J connectivity index is 2.65. The molecule has 0 radical (unpaired) electrons. The summed E-state index contributed by atoms with van der Waals surface area (Å²) in [4.78, 5) is 14.9. The summed E-state index contributed by atoms with van der Waals surface area (Å²) in [6.07, 6.45) is 6.50. The fourth-order valence-electron chi connectivity index (χ4n) is 0.753. The predicted molar refractivity (Wildman–Crippen MR) is 51.3 cm³/mol. The van der Waals surface area contributed by atoms with Crippen LogP contribution >= 0.6 is 11.6 Å². The van der Waals surface area contributed by atoms with E-state index in [9.17, 15) is 4.79 Å². The summed E-state index contributed by atoms with van der Waals surface area (Å²) in [5.74, 6) is 2.37. The molecule has 0 unspecified atom stereocenters. The predicted octanol–water partition coefficient (Wildman–Crippen LogP) is 1.70. The van der Waals surface area contributed by atoms with Crippen molar-refractivity contribution in [2.75, 3.05) is 5.32 Å². The van der Waals surface area contributed by atoms with E-state index in [1.165, 1.54) is 6.20 Å². The quantitative estimate of drug-likeness (QED) is 0.729. The molecule has 1 amide bonds. The second-order valence-electron chi connectivity index (χ2n) is 2.29. The molecule has 0 atom stereocenters. The second-order valence-corrected chi connectivity index (χ2v) is 2.72. The Hall–Kier alpha value is -1.53. The van der Waals surface area contributed by atoms with Gasteiger partial charge in [-0.05, 0) is 12.1 Å². The summed E-state index contributed by atoms with van der Waals surface area (Å²) >= 11 is 5.67. The molecule has 0 aliphatic heterocycles. The van der Waals surface area contributed by atoms with Crippen LogP contribution in [0.15, 0.2) is 18.3 Å². The van der Waals surface area contributed by atoms with E-state index in [1.54, 1.807) is 12.1 Å². The molecule has 66 valence electrons. The van der Waals surface area contributed by atoms with Crippen LogP contribution in [0, 0.1) is 12.3 Å². The van der Waals surface area contributed by atoms with Crippen molar-refractivity contribution < 1.29 is 4.79 Å². The number of halogens is 1. The Kier molecular flexibility index (Phi) is 3.30. The fourth-order valence-corrected chi connectivity index (χ4v) is 0.913. The zero-order chi connectivity index (χ0) is 9.68. The molecule has 1 heterocycles. The second kappa shape index (κ2) is 4.48. The molecule has 0 aliphatic carbocycles. The van der Waals surface area contributed by atoms with Gasteiger partial charge in [-0.2, -0.15) is 0 Å². The van der Waals surface area contributed by atoms with Gasteiger partial charge in [-0.1, -0.05) is 17.5 Å². The lowest BCUT2D eigenvalue weighted by Gasteiger charge is -2.00. The number of carbonyl (C=O) groups is 1. The molecule has 13 heavy (non-hydrogen) atoms. The molecule has 1 rings (SSSR count). The Morgan fingerprint density at radius 2 is 2.54 bits per heavy atom. The monoisotopic (exact) mass is 194 g/mol. The van der Waals surface area contributed by atoms with Crippen molar-refractivity contribution in [3.63, 3.8) is 0 Å². The number of rotatable bonds is 2. The van der Waals surface area contributed by atoms with Gasteiger partial charge in [0.25, 0.3) is 0 Å². The normalized spacial score (nSPS) is 8.92. The van der Waals surface area contributed by atoms with Crippen LogP contribution in [0.25, 0.3) is 0 Å². The van der Waals surface area contributed by atoms with Crippen LogP contribution in [0.3, 0.4) is 0 Å². The minimum absolute atomic E-state index is 0.0359. The number of hydrogen-bond donors (Lipinski definition) is 1. The third-order valence-corrected chi connectivity index (χ3v) is 1.49. The maximum atomic E-state index is 11.0. The van der Waals surface area contributed by atoms with Crippen molar-refractivity contribution in [2.45, 2.75) is 6.42 Å². The molecule has 0 saturated carbocycles. The van der Waals surface area contributed by atoms with Crippen LogP contribution in [-0.4, -0.2) is 10.9 Å². The van der Waals surface area contributed by atoms with Crippen molar-refractivity contribution in [1.29, 1.82) is 0 Å². The number of amides is 1. The van der Waals surface area contributed by atoms with Gasteiger partial charge in [0.2, 0.25) is 5.91 Å². The SMILES string of the molecule is C#CCC(=O)Nc1cc(Cl)ccn1. The lowest BCUT2D eigenvalue weighted by molar-refractivity contribution is -0.115. The van der Waals surface area contributed by atoms with Crippen LogP contribution in [0.4, 0.5) is 5.82 Å². The topological polar surface area (TPSA) is 42.0 Å². The van der Waals surface area contributed by atoms with E-state index in [1.807, 2.05) is 0 Å². The first-order valence-electron chi connectivity index (χ1n) is 3.57. The molecule has 0 saturated heterocycles. The smallest absolute Gasteiger partial charge is 0.237 e. The van der Waals surface area contributed by atoms with Gasteiger partial charge in [0.05, 0.1) is 6.42 Å². The van der Waals surface area contributed by atoms with E-state index in [0.717, 1.165) is 0 Å². The summed E-state index contributed by atoms with van der Waals surface area (Å²) in [6.45, 7) is 0. The molecule has 0 bridgehead atoms. The third-order valence-electron chi connectivity index (χ3n) is 1.25. The van der Waals surface area contributed by atoms with Gasteiger partial charge in [-0.15, -0.1) is 6.42 Å². The van der Waals surface area contributed by atoms with Gasteiger partial charge < -0.3 is 5.32 Å². The number of anilines is 1. The van der Waals surface area contributed by atoms with E-state index >= 15 is 0 Å². The number of hydrogen-bond acceptors (Lipinski definition) is 2. The van der Waals surface area contributed by atoms with Crippen LogP contribution in [0.2, 0.25) is 5.02 Å². The molecule has 0 fully saturated rings. The number of nitrogens with zero attached hydrogens (tertiary/aromatic N) is 1. The maximum Gasteiger partial charge on any atom is 0.237 e. The summed E-state index contributed by atoms with van der Waals surface area (Å²) in [7, 11) is 0. The fraction of sp³-hybridized carbons (Fsp3) is 0.111. The molecule has 1 aromatic heterocycles. The molecule has 3 nitrogen and oxygen atoms in total. The molecular formula is C9H7ClN2O. The van der Waals surface area contributed by atoms with Crippen molar-refractivity contribution in [1.82, 2.24) is 4.98 Å². The lowest BCUT2D eigenvalue weighted by Crippen LogP contribution is -2.10. The minimum atomic E-state index is -0.266. The minimum Gasteiger partial charge on any atom is -0.310 e. The number of carbonyl (C=O) groups excluding carboxylic acids is 1. The van der Waals surface area contributed by atoms with E-state index in [2.05, 4.69) is 16.2 Å². The van der Waals surface area contributed by atoms with Gasteiger partial charge in [0.1, 0.15) is 5.82 Å². The van der Waals surface area contributed by atoms with Crippen LogP contribution in [0.5, 0.6) is 0 Å². The molecule has 4 heteroatoms. The highest BCUT2D eigenvalue weighted by atomic mass is 35.5. The van der Waals surface area contributed by atoms with Gasteiger partial charge in [0.15, 0.2) is 0 Å². The molecule has 0 aliphatic rings. The van der Waals surface area contributed by atoms with E-state index < -0.39 is 0 Å². The highest BCUT2D eigenvalue weighted by Gasteiger charge is 2.00. The third kappa shape index (κ3) is 3.14. The summed E-state index contributed by atoms with van der Waals surface area (Å²) < 4.78 is 0. The zero-order valence-corrected chi connectivity index (χ0v) is 7.51. The molecule has 0 aromatic carbocycles. The van der Waals surface area contributed by atoms with Crippen molar-refractivity contribution in [3.8, 4) is 12.3 Å². The van der Waals surface area contributed by atoms with Gasteiger partial charge in [-0.25, -0.2) is 4.98 Å². The van der Waals surface area contributed by atoms with Crippen molar-refractivity contribution in [2.24, 2.45) is 0 Å². The van der Waals surface area contributed by atoms with E-state index in [-0.39, 0.29) is 12.3 Å². The van der Waals surface area contributed by atoms with Gasteiger partial charge in [-0.3, -0.25) is 4.79 Å². The first kappa shape index (κ1) is 9.56. The van der Waals surface area contributed by atoms with Crippen LogP contribution in [-0.2, 0) is 4.79 Å². The van der Waals surface area contributed by atoms with E-state index in [0.29, 0.717) is 10.8 Å². The average molecular weight is 195 g/mol. The summed E-state index contributed by atoms with van der Waals surface area (Å²) in [5.41, 5.74) is 0. The highest BCUT2D eigenvalue weighted by Crippen LogP contribution is 2.11. The first-order valence-corrected chi connectivity index (χ1v) is 3.95. The van der Waals surface area contributed by atoms with Crippen LogP contribution < -0.4 is 5.32 Å². The molecule has 0 spiro atoms. The Morgan fingerprint density at radius 1 is 1.77 bits per heavy atom. The molecular weight excluding hydrogens is 188 g/mol. The number of nitrogens with one attached hydrogen (secondary N) is 1. The van der Waals surface area contributed by atoms with Crippen molar-refractivity contribution >= 4 is 23.3 Å². The van der Waals surface area contributed by atoms with Crippen molar-refractivity contribution in [3.05, 3.63) is 23.4 Å². The van der Waals surface area contributed by atoms with E-state index in [4.69, 9.17) is 18.0 Å². The summed E-state index contributed by atoms with van der Waals surface area (Å²) in [6, 6.07) is 3.17. The Labute approximate surface area is 81.1 Å². The maximum absolute atomic E-state index is 11.0. The number of terminal acetylenes is 1.